The molecule has 0 aromatic heterocycles. The number of benzene rings is 1. The zero-order chi connectivity index (χ0) is 12.4. The van der Waals surface area contributed by atoms with Gasteiger partial charge in [-0.15, -0.1) is 0 Å². The van der Waals surface area contributed by atoms with Crippen LogP contribution in [0.25, 0.3) is 0 Å². The van der Waals surface area contributed by atoms with E-state index in [1.165, 1.54) is 6.07 Å². The topological polar surface area (TPSA) is 47.3 Å². The van der Waals surface area contributed by atoms with Crippen molar-refractivity contribution in [2.24, 2.45) is 11.8 Å². The second kappa shape index (κ2) is 5.03. The largest absolute Gasteiger partial charge is 0.381 e. The molecule has 1 fully saturated rings. The molecule has 1 aromatic carbocycles. The summed E-state index contributed by atoms with van der Waals surface area (Å²) in [5.41, 5.74) is 2.47. The van der Waals surface area contributed by atoms with Crippen LogP contribution in [0.15, 0.2) is 12.1 Å². The van der Waals surface area contributed by atoms with Gasteiger partial charge in [-0.2, -0.15) is 0 Å². The van der Waals surface area contributed by atoms with Crippen LogP contribution in [0.5, 0.6) is 0 Å². The molecule has 0 bridgehead atoms. The van der Waals surface area contributed by atoms with Crippen molar-refractivity contribution in [1.29, 1.82) is 0 Å². The lowest BCUT2D eigenvalue weighted by Gasteiger charge is -2.22. The summed E-state index contributed by atoms with van der Waals surface area (Å²) in [6.07, 6.45) is 0.702. The number of ether oxygens (including phenoxy) is 1. The van der Waals surface area contributed by atoms with Gasteiger partial charge in [-0.05, 0) is 12.5 Å². The van der Waals surface area contributed by atoms with Crippen molar-refractivity contribution >= 4 is 0 Å². The molecule has 3 nitrogen and oxygen atoms in total. The van der Waals surface area contributed by atoms with E-state index >= 15 is 0 Å². The Hall–Kier alpha value is -1.11. The SMILES string of the molecule is NNC(c1ccc(F)c(F)c1F)C1CCOC1. The molecule has 2 atom stereocenters. The molecule has 17 heavy (non-hydrogen) atoms. The van der Waals surface area contributed by atoms with Gasteiger partial charge in [-0.25, -0.2) is 13.2 Å². The standard InChI is InChI=1S/C11H13F3N2O/c12-8-2-1-7(9(13)10(8)14)11(16-15)6-3-4-17-5-6/h1-2,6,11,16H,3-5,15H2. The van der Waals surface area contributed by atoms with Gasteiger partial charge in [0.05, 0.1) is 12.6 Å². The maximum atomic E-state index is 13.6. The minimum absolute atomic E-state index is 0.0295. The average molecular weight is 246 g/mol. The molecular weight excluding hydrogens is 233 g/mol. The van der Waals surface area contributed by atoms with Crippen molar-refractivity contribution < 1.29 is 17.9 Å². The molecule has 1 aliphatic heterocycles. The molecule has 0 saturated carbocycles. The first kappa shape index (κ1) is 12.3. The minimum atomic E-state index is -1.47. The molecule has 2 rings (SSSR count). The number of nitrogens with two attached hydrogens (primary N) is 1. The number of hydrazine groups is 1. The lowest BCUT2D eigenvalue weighted by Crippen LogP contribution is -2.34. The van der Waals surface area contributed by atoms with Gasteiger partial charge < -0.3 is 4.74 Å². The quantitative estimate of drug-likeness (QED) is 0.484. The van der Waals surface area contributed by atoms with E-state index in [9.17, 15) is 13.2 Å². The molecule has 1 aliphatic rings. The summed E-state index contributed by atoms with van der Waals surface area (Å²) in [4.78, 5) is 0. The van der Waals surface area contributed by atoms with Crippen LogP contribution >= 0.6 is 0 Å². The second-order valence-corrected chi connectivity index (χ2v) is 4.03. The number of nitrogens with one attached hydrogen (secondary N) is 1. The number of halogens is 3. The summed E-state index contributed by atoms with van der Waals surface area (Å²) >= 11 is 0. The first-order chi connectivity index (χ1) is 8.15. The normalized spacial score (nSPS) is 21.8. The maximum Gasteiger partial charge on any atom is 0.194 e. The van der Waals surface area contributed by atoms with Gasteiger partial charge in [0, 0.05) is 18.1 Å². The highest BCUT2D eigenvalue weighted by atomic mass is 19.2. The predicted molar refractivity (Wildman–Crippen MR) is 55.3 cm³/mol. The van der Waals surface area contributed by atoms with E-state index in [4.69, 9.17) is 10.6 Å². The van der Waals surface area contributed by atoms with E-state index in [2.05, 4.69) is 5.43 Å². The minimum Gasteiger partial charge on any atom is -0.381 e. The highest BCUT2D eigenvalue weighted by Gasteiger charge is 2.29. The van der Waals surface area contributed by atoms with Crippen LogP contribution in [-0.4, -0.2) is 13.2 Å². The van der Waals surface area contributed by atoms with Crippen molar-refractivity contribution in [3.8, 4) is 0 Å². The van der Waals surface area contributed by atoms with Crippen LogP contribution in [0.1, 0.15) is 18.0 Å². The van der Waals surface area contributed by atoms with Gasteiger partial charge in [0.25, 0.3) is 0 Å². The maximum absolute atomic E-state index is 13.6. The highest BCUT2D eigenvalue weighted by Crippen LogP contribution is 2.30. The Labute approximate surface area is 96.7 Å². The van der Waals surface area contributed by atoms with Crippen LogP contribution in [0.4, 0.5) is 13.2 Å². The Kier molecular flexibility index (Phi) is 3.66. The summed E-state index contributed by atoms with van der Waals surface area (Å²) in [5.74, 6) is 1.44. The lowest BCUT2D eigenvalue weighted by molar-refractivity contribution is 0.176. The van der Waals surface area contributed by atoms with E-state index in [1.54, 1.807) is 0 Å². The van der Waals surface area contributed by atoms with Crippen molar-refractivity contribution in [3.05, 3.63) is 35.1 Å². The smallest absolute Gasteiger partial charge is 0.194 e. The van der Waals surface area contributed by atoms with Gasteiger partial charge in [-0.3, -0.25) is 11.3 Å². The lowest BCUT2D eigenvalue weighted by atomic mass is 9.92. The van der Waals surface area contributed by atoms with E-state index in [1.807, 2.05) is 0 Å². The molecule has 1 aromatic rings. The molecule has 3 N–H and O–H groups in total. The summed E-state index contributed by atoms with van der Waals surface area (Å²) in [7, 11) is 0. The molecule has 1 heterocycles. The van der Waals surface area contributed by atoms with E-state index < -0.39 is 23.5 Å². The molecule has 6 heteroatoms. The van der Waals surface area contributed by atoms with Crippen LogP contribution in [0.3, 0.4) is 0 Å². The Bertz CT molecular complexity index is 408. The molecule has 1 saturated heterocycles. The summed E-state index contributed by atoms with van der Waals surface area (Å²) < 4.78 is 44.7. The molecule has 0 radical (unpaired) electrons. The first-order valence-electron chi connectivity index (χ1n) is 5.32. The monoisotopic (exact) mass is 246 g/mol. The Morgan fingerprint density at radius 3 is 2.65 bits per heavy atom. The van der Waals surface area contributed by atoms with Gasteiger partial charge in [0.15, 0.2) is 17.5 Å². The molecule has 0 amide bonds. The summed E-state index contributed by atoms with van der Waals surface area (Å²) in [5, 5.41) is 0. The summed E-state index contributed by atoms with van der Waals surface area (Å²) in [6, 6.07) is 1.53. The molecule has 94 valence electrons. The Morgan fingerprint density at radius 2 is 2.06 bits per heavy atom. The molecular formula is C11H13F3N2O. The van der Waals surface area contributed by atoms with Crippen molar-refractivity contribution in [2.75, 3.05) is 13.2 Å². The highest BCUT2D eigenvalue weighted by molar-refractivity contribution is 5.24. The number of hydrogen-bond donors (Lipinski definition) is 2. The van der Waals surface area contributed by atoms with E-state index in [0.717, 1.165) is 6.07 Å². The third kappa shape index (κ3) is 2.29. The van der Waals surface area contributed by atoms with Gasteiger partial charge in [0.2, 0.25) is 0 Å². The van der Waals surface area contributed by atoms with E-state index in [-0.39, 0.29) is 11.5 Å². The Balaban J connectivity index is 2.33. The fraction of sp³-hybridized carbons (Fsp3) is 0.455. The second-order valence-electron chi connectivity index (χ2n) is 4.03. The van der Waals surface area contributed by atoms with Crippen LogP contribution < -0.4 is 11.3 Å². The zero-order valence-electron chi connectivity index (χ0n) is 9.05. The Morgan fingerprint density at radius 1 is 1.29 bits per heavy atom. The van der Waals surface area contributed by atoms with Crippen LogP contribution in [-0.2, 0) is 4.74 Å². The van der Waals surface area contributed by atoms with Crippen molar-refractivity contribution in [1.82, 2.24) is 5.43 Å². The third-order valence-electron chi connectivity index (χ3n) is 3.02. The van der Waals surface area contributed by atoms with Crippen LogP contribution in [0, 0.1) is 23.4 Å². The molecule has 0 aliphatic carbocycles. The van der Waals surface area contributed by atoms with Crippen molar-refractivity contribution in [2.45, 2.75) is 12.5 Å². The molecule has 2 unspecified atom stereocenters. The zero-order valence-corrected chi connectivity index (χ0v) is 9.05. The van der Waals surface area contributed by atoms with Crippen molar-refractivity contribution in [3.63, 3.8) is 0 Å². The number of hydrogen-bond acceptors (Lipinski definition) is 3. The molecule has 0 spiro atoms. The fourth-order valence-corrected chi connectivity index (χ4v) is 2.08. The number of rotatable bonds is 3. The third-order valence-corrected chi connectivity index (χ3v) is 3.02. The predicted octanol–water partition coefficient (Wildman–Crippen LogP) is 1.64. The van der Waals surface area contributed by atoms with E-state index in [0.29, 0.717) is 19.6 Å². The van der Waals surface area contributed by atoms with Gasteiger partial charge in [0.1, 0.15) is 0 Å². The van der Waals surface area contributed by atoms with Gasteiger partial charge >= 0.3 is 0 Å². The fourth-order valence-electron chi connectivity index (χ4n) is 2.08. The van der Waals surface area contributed by atoms with Crippen LogP contribution in [0.2, 0.25) is 0 Å². The van der Waals surface area contributed by atoms with Gasteiger partial charge in [-0.1, -0.05) is 6.07 Å². The average Bonchev–Trinajstić information content (AvgIpc) is 2.84. The first-order valence-corrected chi connectivity index (χ1v) is 5.32. The summed E-state index contributed by atoms with van der Waals surface area (Å²) in [6.45, 7) is 0.988.